The van der Waals surface area contributed by atoms with E-state index in [1.54, 1.807) is 48.5 Å². The highest BCUT2D eigenvalue weighted by molar-refractivity contribution is 5.96. The summed E-state index contributed by atoms with van der Waals surface area (Å²) in [7, 11) is 0. The zero-order chi connectivity index (χ0) is 14.1. The van der Waals surface area contributed by atoms with Gasteiger partial charge in [0.1, 0.15) is 12.0 Å². The third kappa shape index (κ3) is 1.95. The Bertz CT molecular complexity index is 663. The van der Waals surface area contributed by atoms with Crippen LogP contribution in [0.4, 0.5) is 0 Å². The quantitative estimate of drug-likeness (QED) is 0.851. The van der Waals surface area contributed by atoms with Gasteiger partial charge in [-0.25, -0.2) is 4.79 Å². The summed E-state index contributed by atoms with van der Waals surface area (Å²) in [5.74, 6) is -2.36. The van der Waals surface area contributed by atoms with E-state index in [2.05, 4.69) is 0 Å². The lowest BCUT2D eigenvalue weighted by molar-refractivity contribution is -0.142. The van der Waals surface area contributed by atoms with Crippen molar-refractivity contribution in [1.29, 1.82) is 0 Å². The van der Waals surface area contributed by atoms with Crippen molar-refractivity contribution in [2.75, 3.05) is 0 Å². The fourth-order valence-corrected chi connectivity index (χ4v) is 2.53. The molecule has 0 fully saturated rings. The number of ether oxygens (including phenoxy) is 1. The number of benzene rings is 2. The first-order valence-corrected chi connectivity index (χ1v) is 6.26. The lowest BCUT2D eigenvalue weighted by Gasteiger charge is -2.30. The van der Waals surface area contributed by atoms with E-state index >= 15 is 0 Å². The van der Waals surface area contributed by atoms with Gasteiger partial charge in [0.15, 0.2) is 0 Å². The first-order chi connectivity index (χ1) is 9.68. The SMILES string of the molecule is O=C1O[C@H](c2ccccc2)[C@H](C(=O)O)c2ccccc21. The van der Waals surface area contributed by atoms with Crippen molar-refractivity contribution in [3.63, 3.8) is 0 Å². The Morgan fingerprint density at radius 3 is 2.35 bits per heavy atom. The van der Waals surface area contributed by atoms with Gasteiger partial charge < -0.3 is 9.84 Å². The zero-order valence-corrected chi connectivity index (χ0v) is 10.5. The molecule has 20 heavy (non-hydrogen) atoms. The lowest BCUT2D eigenvalue weighted by Crippen LogP contribution is -2.31. The summed E-state index contributed by atoms with van der Waals surface area (Å²) in [6.45, 7) is 0. The van der Waals surface area contributed by atoms with Crippen LogP contribution in [-0.2, 0) is 9.53 Å². The number of carboxylic acid groups (broad SMARTS) is 1. The topological polar surface area (TPSA) is 63.6 Å². The van der Waals surface area contributed by atoms with Crippen molar-refractivity contribution in [1.82, 2.24) is 0 Å². The minimum atomic E-state index is -1.00. The molecule has 3 rings (SSSR count). The van der Waals surface area contributed by atoms with E-state index in [1.807, 2.05) is 6.07 Å². The Morgan fingerprint density at radius 2 is 1.65 bits per heavy atom. The number of esters is 1. The van der Waals surface area contributed by atoms with Crippen molar-refractivity contribution < 1.29 is 19.4 Å². The normalized spacial score (nSPS) is 20.9. The van der Waals surface area contributed by atoms with Gasteiger partial charge in [-0.2, -0.15) is 0 Å². The van der Waals surface area contributed by atoms with Crippen LogP contribution in [0, 0.1) is 0 Å². The van der Waals surface area contributed by atoms with Crippen LogP contribution in [0.5, 0.6) is 0 Å². The second-order valence-corrected chi connectivity index (χ2v) is 4.64. The first-order valence-electron chi connectivity index (χ1n) is 6.26. The molecular formula is C16H12O4. The molecule has 4 nitrogen and oxygen atoms in total. The first kappa shape index (κ1) is 12.4. The van der Waals surface area contributed by atoms with E-state index in [0.29, 0.717) is 16.7 Å². The van der Waals surface area contributed by atoms with Crippen LogP contribution in [0.3, 0.4) is 0 Å². The average molecular weight is 268 g/mol. The number of carbonyl (C=O) groups excluding carboxylic acids is 1. The second-order valence-electron chi connectivity index (χ2n) is 4.64. The van der Waals surface area contributed by atoms with Crippen molar-refractivity contribution in [2.24, 2.45) is 0 Å². The van der Waals surface area contributed by atoms with Crippen LogP contribution in [0.15, 0.2) is 54.6 Å². The predicted molar refractivity (Wildman–Crippen MR) is 71.4 cm³/mol. The van der Waals surface area contributed by atoms with Gasteiger partial charge in [-0.15, -0.1) is 0 Å². The van der Waals surface area contributed by atoms with E-state index in [1.165, 1.54) is 0 Å². The zero-order valence-electron chi connectivity index (χ0n) is 10.5. The Hall–Kier alpha value is -2.62. The van der Waals surface area contributed by atoms with Gasteiger partial charge in [0.2, 0.25) is 0 Å². The van der Waals surface area contributed by atoms with Gasteiger partial charge in [-0.1, -0.05) is 48.5 Å². The highest BCUT2D eigenvalue weighted by atomic mass is 16.5. The third-order valence-electron chi connectivity index (χ3n) is 3.45. The maximum absolute atomic E-state index is 12.0. The number of aliphatic carboxylic acids is 1. The largest absolute Gasteiger partial charge is 0.481 e. The molecular weight excluding hydrogens is 256 g/mol. The number of cyclic esters (lactones) is 1. The molecule has 1 aliphatic rings. The number of hydrogen-bond acceptors (Lipinski definition) is 3. The fourth-order valence-electron chi connectivity index (χ4n) is 2.53. The maximum atomic E-state index is 12.0. The van der Waals surface area contributed by atoms with Gasteiger partial charge >= 0.3 is 11.9 Å². The highest BCUT2D eigenvalue weighted by Crippen LogP contribution is 2.40. The molecule has 2 atom stereocenters. The number of carbonyl (C=O) groups is 2. The number of rotatable bonds is 2. The molecule has 0 unspecified atom stereocenters. The van der Waals surface area contributed by atoms with E-state index in [9.17, 15) is 14.7 Å². The van der Waals surface area contributed by atoms with E-state index in [4.69, 9.17) is 4.74 Å². The van der Waals surface area contributed by atoms with Gasteiger partial charge in [0.05, 0.1) is 5.56 Å². The van der Waals surface area contributed by atoms with Crippen LogP contribution >= 0.6 is 0 Å². The Morgan fingerprint density at radius 1 is 1.00 bits per heavy atom. The summed E-state index contributed by atoms with van der Waals surface area (Å²) >= 11 is 0. The van der Waals surface area contributed by atoms with Crippen LogP contribution in [0.1, 0.15) is 33.5 Å². The van der Waals surface area contributed by atoms with Gasteiger partial charge in [0.25, 0.3) is 0 Å². The monoisotopic (exact) mass is 268 g/mol. The van der Waals surface area contributed by atoms with E-state index < -0.39 is 24.0 Å². The van der Waals surface area contributed by atoms with Crippen molar-refractivity contribution in [2.45, 2.75) is 12.0 Å². The average Bonchev–Trinajstić information content (AvgIpc) is 2.47. The Balaban J connectivity index is 2.14. The van der Waals surface area contributed by atoms with Crippen LogP contribution in [-0.4, -0.2) is 17.0 Å². The fraction of sp³-hybridized carbons (Fsp3) is 0.125. The minimum Gasteiger partial charge on any atom is -0.481 e. The summed E-state index contributed by atoms with van der Waals surface area (Å²) in [4.78, 5) is 23.6. The molecule has 2 aromatic carbocycles. The third-order valence-corrected chi connectivity index (χ3v) is 3.45. The van der Waals surface area contributed by atoms with Gasteiger partial charge in [-0.05, 0) is 17.2 Å². The van der Waals surface area contributed by atoms with Crippen LogP contribution in [0.2, 0.25) is 0 Å². The number of carboxylic acids is 1. The summed E-state index contributed by atoms with van der Waals surface area (Å²) in [5, 5.41) is 9.51. The molecule has 0 radical (unpaired) electrons. The highest BCUT2D eigenvalue weighted by Gasteiger charge is 2.40. The van der Waals surface area contributed by atoms with Crippen molar-refractivity contribution in [3.8, 4) is 0 Å². The molecule has 0 aromatic heterocycles. The Labute approximate surface area is 115 Å². The lowest BCUT2D eigenvalue weighted by atomic mass is 9.84. The summed E-state index contributed by atoms with van der Waals surface area (Å²) in [6.07, 6.45) is -0.795. The van der Waals surface area contributed by atoms with Crippen molar-refractivity contribution in [3.05, 3.63) is 71.3 Å². The minimum absolute atomic E-state index is 0.326. The van der Waals surface area contributed by atoms with Crippen LogP contribution in [0.25, 0.3) is 0 Å². The summed E-state index contributed by atoms with van der Waals surface area (Å²) in [5.41, 5.74) is 1.51. The maximum Gasteiger partial charge on any atom is 0.339 e. The molecule has 100 valence electrons. The molecule has 0 bridgehead atoms. The molecule has 1 N–H and O–H groups in total. The Kier molecular flexibility index (Phi) is 2.99. The summed E-state index contributed by atoms with van der Waals surface area (Å²) in [6, 6.07) is 15.6. The van der Waals surface area contributed by atoms with E-state index in [-0.39, 0.29) is 0 Å². The summed E-state index contributed by atoms with van der Waals surface area (Å²) < 4.78 is 5.35. The predicted octanol–water partition coefficient (Wildman–Crippen LogP) is 2.77. The number of hydrogen-bond donors (Lipinski definition) is 1. The van der Waals surface area contributed by atoms with Crippen LogP contribution < -0.4 is 0 Å². The van der Waals surface area contributed by atoms with Gasteiger partial charge in [0, 0.05) is 0 Å². The molecule has 4 heteroatoms. The molecule has 0 aliphatic carbocycles. The van der Waals surface area contributed by atoms with E-state index in [0.717, 1.165) is 0 Å². The molecule has 0 saturated carbocycles. The molecule has 1 aliphatic heterocycles. The molecule has 0 amide bonds. The molecule has 2 aromatic rings. The standard InChI is InChI=1S/C16H12O4/c17-15(18)13-11-8-4-5-9-12(11)16(19)20-14(13)10-6-2-1-3-7-10/h1-9,13-14H,(H,17,18)/t13-,14-/m1/s1. The second kappa shape index (κ2) is 4.81. The van der Waals surface area contributed by atoms with Crippen molar-refractivity contribution >= 4 is 11.9 Å². The van der Waals surface area contributed by atoms with Gasteiger partial charge in [-0.3, -0.25) is 4.79 Å². The number of fused-ring (bicyclic) bond motifs is 1. The molecule has 0 spiro atoms. The molecule has 0 saturated heterocycles. The molecule has 1 heterocycles. The smallest absolute Gasteiger partial charge is 0.339 e.